The summed E-state index contributed by atoms with van der Waals surface area (Å²) in [4.78, 5) is 0. The lowest BCUT2D eigenvalue weighted by Gasteiger charge is -2.56. The van der Waals surface area contributed by atoms with Crippen molar-refractivity contribution in [2.75, 3.05) is 7.11 Å². The minimum Gasteiger partial charge on any atom is -0.512 e. The van der Waals surface area contributed by atoms with Gasteiger partial charge in [-0.05, 0) is 103 Å². The third-order valence-corrected chi connectivity index (χ3v) is 11.9. The molecule has 5 aliphatic carbocycles. The van der Waals surface area contributed by atoms with E-state index in [1.165, 1.54) is 31.2 Å². The van der Waals surface area contributed by atoms with Gasteiger partial charge in [-0.25, -0.2) is 0 Å². The first kappa shape index (κ1) is 22.0. The minimum atomic E-state index is -1.02. The van der Waals surface area contributed by atoms with Crippen LogP contribution in [0.2, 0.25) is 0 Å². The number of phenolic OH excluding ortho intramolecular Hbond substituents is 1. The van der Waals surface area contributed by atoms with Crippen LogP contribution in [0.25, 0.3) is 0 Å². The summed E-state index contributed by atoms with van der Waals surface area (Å²) in [7, 11) is 1.66. The van der Waals surface area contributed by atoms with Gasteiger partial charge in [-0.3, -0.25) is 0 Å². The van der Waals surface area contributed by atoms with Crippen molar-refractivity contribution in [2.24, 2.45) is 39.9 Å². The molecule has 1 aromatic carbocycles. The first-order valence-corrected chi connectivity index (χ1v) is 13.1. The van der Waals surface area contributed by atoms with Crippen LogP contribution in [0.1, 0.15) is 70.4 Å². The zero-order chi connectivity index (χ0) is 23.4. The van der Waals surface area contributed by atoms with Crippen molar-refractivity contribution in [1.29, 1.82) is 0 Å². The Morgan fingerprint density at radius 3 is 2.55 bits per heavy atom. The monoisotopic (exact) mass is 452 g/mol. The van der Waals surface area contributed by atoms with Crippen molar-refractivity contribution in [3.05, 3.63) is 41.2 Å². The van der Waals surface area contributed by atoms with Crippen LogP contribution < -0.4 is 0 Å². The summed E-state index contributed by atoms with van der Waals surface area (Å²) in [6, 6.07) is 6.21. The number of aryl methyl sites for hydroxylation is 1. The molecule has 1 aromatic rings. The molecule has 0 radical (unpaired) electrons. The predicted octanol–water partition coefficient (Wildman–Crippen LogP) is 5.56. The second-order valence-electron chi connectivity index (χ2n) is 12.5. The van der Waals surface area contributed by atoms with Gasteiger partial charge in [-0.1, -0.05) is 32.9 Å². The fraction of sp³-hybridized carbons (Fsp3) is 0.724. The molecule has 0 amide bonds. The molecule has 4 saturated carbocycles. The number of aliphatic hydroxyl groups excluding tert-OH is 1. The molecule has 33 heavy (non-hydrogen) atoms. The van der Waals surface area contributed by atoms with E-state index in [0.29, 0.717) is 29.3 Å². The summed E-state index contributed by atoms with van der Waals surface area (Å²) in [6.45, 7) is 6.89. The standard InChI is InChI=1S/C29H40O4/c1-5-17-6-7-19(21(30)13-17)12-18-8-10-28(15-18)11-9-20-16-26(2)27(28,3)24(20)25-22(31)14-23(33-4)29(25,26)32/h6-7,13-14,18,20,23-25,30-32H,5,8-12,15-16H2,1-4H3. The third-order valence-electron chi connectivity index (χ3n) is 11.9. The fourth-order valence-electron chi connectivity index (χ4n) is 10.4. The summed E-state index contributed by atoms with van der Waals surface area (Å²) in [5.74, 6) is 2.05. The molecule has 1 spiro atoms. The van der Waals surface area contributed by atoms with Gasteiger partial charge in [0, 0.05) is 12.5 Å². The van der Waals surface area contributed by atoms with E-state index in [0.717, 1.165) is 31.2 Å². The van der Waals surface area contributed by atoms with E-state index in [2.05, 4.69) is 32.9 Å². The average Bonchev–Trinajstić information content (AvgIpc) is 3.41. The molecular weight excluding hydrogens is 412 g/mol. The van der Waals surface area contributed by atoms with Crippen molar-refractivity contribution in [2.45, 2.75) is 83.8 Å². The zero-order valence-corrected chi connectivity index (χ0v) is 20.6. The number of rotatable bonds is 4. The number of fused-ring (bicyclic) bond motifs is 2. The summed E-state index contributed by atoms with van der Waals surface area (Å²) in [6.07, 6.45) is 10.2. The molecule has 0 aliphatic heterocycles. The van der Waals surface area contributed by atoms with Gasteiger partial charge in [0.2, 0.25) is 0 Å². The summed E-state index contributed by atoms with van der Waals surface area (Å²) in [5, 5.41) is 33.9. The van der Waals surface area contributed by atoms with Gasteiger partial charge < -0.3 is 20.1 Å². The van der Waals surface area contributed by atoms with E-state index >= 15 is 0 Å². The predicted molar refractivity (Wildman–Crippen MR) is 128 cm³/mol. The summed E-state index contributed by atoms with van der Waals surface area (Å²) < 4.78 is 5.78. The molecule has 4 nitrogen and oxygen atoms in total. The van der Waals surface area contributed by atoms with Crippen molar-refractivity contribution in [3.8, 4) is 5.75 Å². The lowest BCUT2D eigenvalue weighted by molar-refractivity contribution is -0.181. The van der Waals surface area contributed by atoms with E-state index in [1.54, 1.807) is 13.2 Å². The molecule has 9 atom stereocenters. The maximum absolute atomic E-state index is 12.3. The average molecular weight is 453 g/mol. The van der Waals surface area contributed by atoms with Crippen LogP contribution >= 0.6 is 0 Å². The van der Waals surface area contributed by atoms with Crippen molar-refractivity contribution in [1.82, 2.24) is 0 Å². The Morgan fingerprint density at radius 1 is 1.09 bits per heavy atom. The highest BCUT2D eigenvalue weighted by molar-refractivity contribution is 5.41. The number of methoxy groups -OCH3 is 1. The quantitative estimate of drug-likeness (QED) is 0.560. The molecule has 0 aromatic heterocycles. The third kappa shape index (κ3) is 2.35. The number of hydrogen-bond acceptors (Lipinski definition) is 4. The molecule has 5 aliphatic rings. The van der Waals surface area contributed by atoms with Crippen LogP contribution in [-0.4, -0.2) is 34.1 Å². The maximum Gasteiger partial charge on any atom is 0.119 e. The topological polar surface area (TPSA) is 69.9 Å². The normalized spacial score (nSPS) is 49.6. The maximum atomic E-state index is 12.3. The highest BCUT2D eigenvalue weighted by atomic mass is 16.5. The Balaban J connectivity index is 1.35. The second-order valence-corrected chi connectivity index (χ2v) is 12.5. The molecule has 4 heteroatoms. The number of aromatic hydroxyl groups is 1. The van der Waals surface area contributed by atoms with Crippen LogP contribution in [0.3, 0.4) is 0 Å². The van der Waals surface area contributed by atoms with Gasteiger partial charge in [0.05, 0.1) is 11.7 Å². The molecule has 4 fully saturated rings. The molecular formula is C29H40O4. The van der Waals surface area contributed by atoms with E-state index in [9.17, 15) is 15.3 Å². The Morgan fingerprint density at radius 2 is 1.85 bits per heavy atom. The zero-order valence-electron chi connectivity index (χ0n) is 20.6. The molecule has 6 rings (SSSR count). The fourth-order valence-corrected chi connectivity index (χ4v) is 10.4. The number of ether oxygens (including phenoxy) is 1. The van der Waals surface area contributed by atoms with Crippen LogP contribution in [0, 0.1) is 39.9 Å². The number of hydrogen-bond donors (Lipinski definition) is 3. The SMILES string of the molecule is CCc1ccc(CC2CCC3(CCC4CC5(C)C6(O)C(OC)C=C(O)C6C4C35C)C2)c(O)c1. The summed E-state index contributed by atoms with van der Waals surface area (Å²) in [5.41, 5.74) is 1.11. The van der Waals surface area contributed by atoms with Gasteiger partial charge >= 0.3 is 0 Å². The molecule has 0 heterocycles. The Kier molecular flexibility index (Phi) is 4.52. The smallest absolute Gasteiger partial charge is 0.119 e. The molecule has 0 saturated heterocycles. The number of benzene rings is 1. The first-order valence-electron chi connectivity index (χ1n) is 13.1. The molecule has 4 bridgehead atoms. The Labute approximate surface area is 198 Å². The molecule has 180 valence electrons. The van der Waals surface area contributed by atoms with Crippen LogP contribution in [0.15, 0.2) is 30.0 Å². The lowest BCUT2D eigenvalue weighted by atomic mass is 9.48. The highest BCUT2D eigenvalue weighted by Crippen LogP contribution is 2.86. The van der Waals surface area contributed by atoms with Crippen LogP contribution in [-0.2, 0) is 17.6 Å². The number of aliphatic hydroxyl groups is 2. The van der Waals surface area contributed by atoms with Gasteiger partial charge in [-0.2, -0.15) is 0 Å². The molecule has 3 N–H and O–H groups in total. The highest BCUT2D eigenvalue weighted by Gasteiger charge is 2.86. The van der Waals surface area contributed by atoms with Gasteiger partial charge in [-0.15, -0.1) is 0 Å². The van der Waals surface area contributed by atoms with E-state index in [1.807, 2.05) is 6.07 Å². The first-order chi connectivity index (χ1) is 15.6. The minimum absolute atomic E-state index is 0.0236. The van der Waals surface area contributed by atoms with E-state index in [4.69, 9.17) is 4.74 Å². The van der Waals surface area contributed by atoms with E-state index in [-0.39, 0.29) is 22.2 Å². The number of phenols is 1. The summed E-state index contributed by atoms with van der Waals surface area (Å²) >= 11 is 0. The Hall–Kier alpha value is -1.52. The van der Waals surface area contributed by atoms with Crippen molar-refractivity contribution < 1.29 is 20.1 Å². The lowest BCUT2D eigenvalue weighted by Crippen LogP contribution is -2.59. The Bertz CT molecular complexity index is 1020. The van der Waals surface area contributed by atoms with Gasteiger partial charge in [0.25, 0.3) is 0 Å². The van der Waals surface area contributed by atoms with Gasteiger partial charge in [0.15, 0.2) is 0 Å². The van der Waals surface area contributed by atoms with Crippen LogP contribution in [0.4, 0.5) is 0 Å². The van der Waals surface area contributed by atoms with E-state index < -0.39 is 11.7 Å². The second kappa shape index (κ2) is 6.79. The molecule has 9 unspecified atom stereocenters. The van der Waals surface area contributed by atoms with Gasteiger partial charge in [0.1, 0.15) is 17.5 Å². The van der Waals surface area contributed by atoms with Crippen molar-refractivity contribution >= 4 is 0 Å². The van der Waals surface area contributed by atoms with Crippen molar-refractivity contribution in [3.63, 3.8) is 0 Å². The largest absolute Gasteiger partial charge is 0.512 e. The van der Waals surface area contributed by atoms with Crippen LogP contribution in [0.5, 0.6) is 5.75 Å².